The minimum absolute atomic E-state index is 0.0718. The van der Waals surface area contributed by atoms with Gasteiger partial charge in [0.1, 0.15) is 6.04 Å². The molecule has 0 aliphatic rings. The standard InChI is InChI=1S/C6H13NO2.C6H10O3/c2*1-3-4(2)5(7)6(8)9/h4-5H,3,7H2,1-2H3,(H,8,9);4H,3H2,1-2H3,(H,8,9)/t4-,5-;/m0./s1. The van der Waals surface area contributed by atoms with Crippen LogP contribution in [0.5, 0.6) is 0 Å². The molecule has 0 aliphatic heterocycles. The van der Waals surface area contributed by atoms with Crippen LogP contribution in [-0.4, -0.2) is 34.0 Å². The lowest BCUT2D eigenvalue weighted by Gasteiger charge is -2.11. The van der Waals surface area contributed by atoms with Crippen LogP contribution in [0, 0.1) is 11.8 Å². The average molecular weight is 261 g/mol. The maximum Gasteiger partial charge on any atom is 0.372 e. The molecule has 0 fully saturated rings. The first kappa shape index (κ1) is 18.9. The van der Waals surface area contributed by atoms with Crippen LogP contribution in [0.15, 0.2) is 0 Å². The molecule has 0 radical (unpaired) electrons. The molecule has 18 heavy (non-hydrogen) atoms. The smallest absolute Gasteiger partial charge is 0.372 e. The van der Waals surface area contributed by atoms with E-state index in [0.29, 0.717) is 6.42 Å². The number of carboxylic acid groups (broad SMARTS) is 2. The van der Waals surface area contributed by atoms with E-state index in [1.807, 2.05) is 13.8 Å². The molecular weight excluding hydrogens is 238 g/mol. The van der Waals surface area contributed by atoms with Crippen molar-refractivity contribution in [3.05, 3.63) is 0 Å². The number of aliphatic carboxylic acids is 2. The van der Waals surface area contributed by atoms with Crippen LogP contribution >= 0.6 is 0 Å². The first-order chi connectivity index (χ1) is 8.18. The Hall–Kier alpha value is -1.43. The van der Waals surface area contributed by atoms with Crippen LogP contribution in [0.1, 0.15) is 40.5 Å². The quantitative estimate of drug-likeness (QED) is 0.617. The Bertz CT molecular complexity index is 290. The lowest BCUT2D eigenvalue weighted by Crippen LogP contribution is -2.36. The van der Waals surface area contributed by atoms with Crippen molar-refractivity contribution in [2.75, 3.05) is 0 Å². The van der Waals surface area contributed by atoms with Gasteiger partial charge < -0.3 is 15.9 Å². The second kappa shape index (κ2) is 9.58. The lowest BCUT2D eigenvalue weighted by molar-refractivity contribution is -0.150. The fourth-order valence-corrected chi connectivity index (χ4v) is 0.894. The van der Waals surface area contributed by atoms with E-state index < -0.39 is 23.8 Å². The molecule has 6 nitrogen and oxygen atoms in total. The second-order valence-corrected chi connectivity index (χ2v) is 4.23. The van der Waals surface area contributed by atoms with Gasteiger partial charge in [-0.15, -0.1) is 0 Å². The number of carbonyl (C=O) groups excluding carboxylic acids is 1. The number of carbonyl (C=O) groups is 3. The first-order valence-corrected chi connectivity index (χ1v) is 5.94. The summed E-state index contributed by atoms with van der Waals surface area (Å²) < 4.78 is 0. The highest BCUT2D eigenvalue weighted by molar-refractivity contribution is 6.33. The lowest BCUT2D eigenvalue weighted by atomic mass is 10.0. The largest absolute Gasteiger partial charge is 0.480 e. The summed E-state index contributed by atoms with van der Waals surface area (Å²) in [5.74, 6) is -3.21. The Kier molecular flexibility index (Phi) is 10.1. The van der Waals surface area contributed by atoms with Gasteiger partial charge in [0, 0.05) is 5.92 Å². The van der Waals surface area contributed by atoms with E-state index in [2.05, 4.69) is 0 Å². The molecule has 0 aliphatic carbocycles. The Morgan fingerprint density at radius 3 is 1.61 bits per heavy atom. The Morgan fingerprint density at radius 1 is 1.06 bits per heavy atom. The fourth-order valence-electron chi connectivity index (χ4n) is 0.894. The maximum absolute atomic E-state index is 10.5. The minimum atomic E-state index is -1.33. The van der Waals surface area contributed by atoms with E-state index in [9.17, 15) is 14.4 Å². The van der Waals surface area contributed by atoms with Gasteiger partial charge in [-0.05, 0) is 12.3 Å². The van der Waals surface area contributed by atoms with Crippen molar-refractivity contribution in [1.29, 1.82) is 0 Å². The number of ketones is 1. The van der Waals surface area contributed by atoms with Gasteiger partial charge >= 0.3 is 11.9 Å². The molecule has 0 bridgehead atoms. The average Bonchev–Trinajstić information content (AvgIpc) is 2.35. The topological polar surface area (TPSA) is 118 Å². The van der Waals surface area contributed by atoms with Crippen molar-refractivity contribution < 1.29 is 24.6 Å². The van der Waals surface area contributed by atoms with E-state index >= 15 is 0 Å². The van der Waals surface area contributed by atoms with Crippen LogP contribution in [0.3, 0.4) is 0 Å². The molecule has 0 saturated heterocycles. The number of hydrogen-bond acceptors (Lipinski definition) is 4. The molecule has 0 aromatic heterocycles. The van der Waals surface area contributed by atoms with Crippen LogP contribution < -0.4 is 5.73 Å². The number of carboxylic acids is 2. The van der Waals surface area contributed by atoms with Gasteiger partial charge in [0.15, 0.2) is 0 Å². The minimum Gasteiger partial charge on any atom is -0.480 e. The molecule has 0 aromatic rings. The Morgan fingerprint density at radius 2 is 1.50 bits per heavy atom. The molecule has 1 unspecified atom stereocenters. The van der Waals surface area contributed by atoms with E-state index in [4.69, 9.17) is 15.9 Å². The zero-order chi connectivity index (χ0) is 14.9. The number of hydrogen-bond donors (Lipinski definition) is 3. The predicted molar refractivity (Wildman–Crippen MR) is 67.2 cm³/mol. The van der Waals surface area contributed by atoms with Crippen molar-refractivity contribution in [2.45, 2.75) is 46.6 Å². The van der Waals surface area contributed by atoms with Crippen LogP contribution in [0.25, 0.3) is 0 Å². The molecule has 0 heterocycles. The van der Waals surface area contributed by atoms with Crippen molar-refractivity contribution in [3.63, 3.8) is 0 Å². The summed E-state index contributed by atoms with van der Waals surface area (Å²) in [6.45, 7) is 7.15. The summed E-state index contributed by atoms with van der Waals surface area (Å²) in [5.41, 5.74) is 5.27. The Labute approximate surface area is 107 Å². The van der Waals surface area contributed by atoms with Gasteiger partial charge in [-0.25, -0.2) is 4.79 Å². The van der Waals surface area contributed by atoms with Gasteiger partial charge in [-0.3, -0.25) is 9.59 Å². The Balaban J connectivity index is 0. The molecule has 0 rings (SSSR count). The van der Waals surface area contributed by atoms with Gasteiger partial charge in [-0.2, -0.15) is 0 Å². The summed E-state index contributed by atoms with van der Waals surface area (Å²) in [5, 5.41) is 16.5. The van der Waals surface area contributed by atoms with Gasteiger partial charge in [0.25, 0.3) is 0 Å². The van der Waals surface area contributed by atoms with Gasteiger partial charge in [0.05, 0.1) is 0 Å². The van der Waals surface area contributed by atoms with E-state index in [-0.39, 0.29) is 11.8 Å². The van der Waals surface area contributed by atoms with E-state index in [1.165, 1.54) is 0 Å². The zero-order valence-electron chi connectivity index (χ0n) is 11.3. The molecule has 6 heteroatoms. The summed E-state index contributed by atoms with van der Waals surface area (Å²) >= 11 is 0. The summed E-state index contributed by atoms with van der Waals surface area (Å²) in [4.78, 5) is 30.6. The normalized spacial score (nSPS) is 14.7. The molecule has 0 aromatic carbocycles. The number of Topliss-reactive ketones (excluding diaryl/α,β-unsaturated/α-hetero) is 1. The van der Waals surface area contributed by atoms with Crippen molar-refractivity contribution in [2.24, 2.45) is 17.6 Å². The fraction of sp³-hybridized carbons (Fsp3) is 0.750. The molecule has 0 amide bonds. The van der Waals surface area contributed by atoms with Crippen LogP contribution in [0.4, 0.5) is 0 Å². The highest BCUT2D eigenvalue weighted by Crippen LogP contribution is 2.04. The summed E-state index contributed by atoms with van der Waals surface area (Å²) in [6, 6.07) is -0.699. The third-order valence-corrected chi connectivity index (χ3v) is 2.81. The van der Waals surface area contributed by atoms with Gasteiger partial charge in [-0.1, -0.05) is 34.1 Å². The number of rotatable bonds is 6. The molecular formula is C12H23NO5. The van der Waals surface area contributed by atoms with E-state index in [1.54, 1.807) is 13.8 Å². The van der Waals surface area contributed by atoms with Crippen LogP contribution in [-0.2, 0) is 14.4 Å². The van der Waals surface area contributed by atoms with E-state index in [0.717, 1.165) is 6.42 Å². The highest BCUT2D eigenvalue weighted by atomic mass is 16.4. The van der Waals surface area contributed by atoms with Crippen molar-refractivity contribution in [1.82, 2.24) is 0 Å². The summed E-state index contributed by atoms with van der Waals surface area (Å²) in [6.07, 6.45) is 1.40. The third-order valence-electron chi connectivity index (χ3n) is 2.81. The third kappa shape index (κ3) is 7.78. The molecule has 0 spiro atoms. The monoisotopic (exact) mass is 261 g/mol. The second-order valence-electron chi connectivity index (χ2n) is 4.23. The molecule has 0 saturated carbocycles. The molecule has 106 valence electrons. The predicted octanol–water partition coefficient (Wildman–Crippen LogP) is 1.13. The van der Waals surface area contributed by atoms with Crippen molar-refractivity contribution in [3.8, 4) is 0 Å². The van der Waals surface area contributed by atoms with Crippen molar-refractivity contribution >= 4 is 17.7 Å². The number of nitrogens with two attached hydrogens (primary N) is 1. The molecule has 3 atom stereocenters. The SMILES string of the molecule is CCC(C)C(=O)C(=O)O.CC[C@H](C)[C@H](N)C(=O)O. The highest BCUT2D eigenvalue weighted by Gasteiger charge is 2.18. The first-order valence-electron chi connectivity index (χ1n) is 5.94. The van der Waals surface area contributed by atoms with Crippen LogP contribution in [0.2, 0.25) is 0 Å². The summed E-state index contributed by atoms with van der Waals surface area (Å²) in [7, 11) is 0. The maximum atomic E-state index is 10.5. The molecule has 4 N–H and O–H groups in total. The zero-order valence-corrected chi connectivity index (χ0v) is 11.3. The van der Waals surface area contributed by atoms with Gasteiger partial charge in [0.2, 0.25) is 5.78 Å².